The highest BCUT2D eigenvalue weighted by atomic mass is 31.3. The maximum atomic E-state index is 11.9. The van der Waals surface area contributed by atoms with Gasteiger partial charge in [0.2, 0.25) is 0 Å². The molecule has 0 spiro atoms. The normalized spacial score (nSPS) is 32.2. The van der Waals surface area contributed by atoms with E-state index in [0.29, 0.717) is 11.5 Å². The summed E-state index contributed by atoms with van der Waals surface area (Å²) in [7, 11) is -16.7. The van der Waals surface area contributed by atoms with Crippen molar-refractivity contribution in [2.75, 3.05) is 6.61 Å². The molecule has 4 unspecified atom stereocenters. The number of hydrogen-bond donors (Lipinski definition) is 7. The van der Waals surface area contributed by atoms with Crippen LogP contribution < -0.4 is 5.32 Å². The Balaban J connectivity index is 1.42. The number of phosphoric ester groups is 1. The number of aliphatic hydroxyl groups excluding tert-OH is 2. The number of nitrogens with one attached hydrogen (secondary N) is 1. The van der Waals surface area contributed by atoms with Crippen LogP contribution in [0.4, 0.5) is 5.82 Å². The first-order chi connectivity index (χ1) is 15.3. The summed E-state index contributed by atoms with van der Waals surface area (Å²) in [6.07, 6.45) is 0.0589. The molecule has 4 heterocycles. The van der Waals surface area contributed by atoms with Crippen molar-refractivity contribution < 1.29 is 61.4 Å². The number of imidazole rings is 1. The summed E-state index contributed by atoms with van der Waals surface area (Å²) in [5.41, 5.74) is 0.504. The fourth-order valence-corrected chi connectivity index (χ4v) is 6.32. The van der Waals surface area contributed by atoms with Gasteiger partial charge in [-0.3, -0.25) is 9.09 Å². The van der Waals surface area contributed by atoms with Crippen LogP contribution in [0.3, 0.4) is 0 Å². The fourth-order valence-electron chi connectivity index (χ4n) is 3.29. The Kier molecular flexibility index (Phi) is 6.44. The summed E-state index contributed by atoms with van der Waals surface area (Å²) in [4.78, 5) is 46.0. The lowest BCUT2D eigenvalue weighted by molar-refractivity contribution is -0.0512. The van der Waals surface area contributed by atoms with E-state index in [4.69, 9.17) is 19.4 Å². The number of aromatic nitrogens is 2. The minimum absolute atomic E-state index is 0.317. The molecule has 7 atom stereocenters. The van der Waals surface area contributed by atoms with Gasteiger partial charge in [-0.25, -0.2) is 23.7 Å². The van der Waals surface area contributed by atoms with Gasteiger partial charge in [0.15, 0.2) is 18.2 Å². The molecule has 18 nitrogen and oxygen atoms in total. The van der Waals surface area contributed by atoms with Crippen LogP contribution in [0.2, 0.25) is 0 Å². The summed E-state index contributed by atoms with van der Waals surface area (Å²) in [5, 5.41) is 23.7. The third-order valence-electron chi connectivity index (χ3n) is 4.60. The van der Waals surface area contributed by atoms with Gasteiger partial charge in [0.1, 0.15) is 24.0 Å². The number of aliphatic imine (C=N–C) groups is 1. The smallest absolute Gasteiger partial charge is 0.387 e. The lowest BCUT2D eigenvalue weighted by atomic mass is 10.1. The quantitative estimate of drug-likeness (QED) is 0.196. The summed E-state index contributed by atoms with van der Waals surface area (Å²) >= 11 is 0. The minimum Gasteiger partial charge on any atom is -0.387 e. The summed E-state index contributed by atoms with van der Waals surface area (Å²) in [6.45, 7) is -0.930. The molecule has 1 fully saturated rings. The van der Waals surface area contributed by atoms with Gasteiger partial charge in [-0.1, -0.05) is 0 Å². The SMILES string of the molecule is O=P(O)(O)OP(=O)(O)OP(=O)(O)OC[C@@H]1O[C@H](n2cnc3c2N=CN2C=CNC32)C(O)[C@@H]1O. The molecule has 3 aliphatic rings. The van der Waals surface area contributed by atoms with Gasteiger partial charge < -0.3 is 44.7 Å². The van der Waals surface area contributed by atoms with Gasteiger partial charge in [-0.15, -0.1) is 0 Å². The largest absolute Gasteiger partial charge is 0.490 e. The third-order valence-corrected chi connectivity index (χ3v) is 8.40. The van der Waals surface area contributed by atoms with Crippen LogP contribution in [-0.2, 0) is 31.6 Å². The van der Waals surface area contributed by atoms with E-state index in [1.54, 1.807) is 17.3 Å². The second-order valence-electron chi connectivity index (χ2n) is 6.87. The highest BCUT2D eigenvalue weighted by Gasteiger charge is 2.47. The standard InChI is InChI=1S/C12H18N5O13P3/c18-8-6(3-27-32(23,24)30-33(25,26)29-31(20,21)22)28-12(9(8)19)17-5-14-7-10-13-1-2-16(10)4-15-11(7)17/h1-2,4-6,8-10,12-13,18-19H,3H2,(H,23,24)(H,25,26)(H2,20,21,22)/t6-,8+,9?,10?,12-/m0/s1. The van der Waals surface area contributed by atoms with Crippen LogP contribution in [0.15, 0.2) is 23.7 Å². The summed E-state index contributed by atoms with van der Waals surface area (Å²) in [6, 6.07) is 0. The number of phosphoric acid groups is 3. The number of aliphatic hydroxyl groups is 2. The zero-order valence-corrected chi connectivity index (χ0v) is 18.8. The Bertz CT molecular complexity index is 1120. The van der Waals surface area contributed by atoms with E-state index in [1.165, 1.54) is 17.2 Å². The van der Waals surface area contributed by atoms with E-state index >= 15 is 0 Å². The molecular weight excluding hydrogens is 515 g/mol. The predicted molar refractivity (Wildman–Crippen MR) is 103 cm³/mol. The maximum absolute atomic E-state index is 11.9. The highest BCUT2D eigenvalue weighted by Crippen LogP contribution is 2.66. The first kappa shape index (κ1) is 24.6. The van der Waals surface area contributed by atoms with Crippen molar-refractivity contribution >= 4 is 35.6 Å². The molecule has 184 valence electrons. The fraction of sp³-hybridized carbons (Fsp3) is 0.500. The lowest BCUT2D eigenvalue weighted by Crippen LogP contribution is -2.33. The Hall–Kier alpha value is -1.49. The molecule has 1 saturated heterocycles. The molecule has 1 aromatic rings. The van der Waals surface area contributed by atoms with Crippen LogP contribution >= 0.6 is 23.5 Å². The first-order valence-electron chi connectivity index (χ1n) is 8.87. The molecule has 0 aliphatic carbocycles. The van der Waals surface area contributed by atoms with Crippen molar-refractivity contribution in [3.05, 3.63) is 24.4 Å². The predicted octanol–water partition coefficient (Wildman–Crippen LogP) is -1.11. The van der Waals surface area contributed by atoms with Gasteiger partial charge in [0.25, 0.3) is 0 Å². The van der Waals surface area contributed by atoms with Gasteiger partial charge in [-0.2, -0.15) is 8.62 Å². The van der Waals surface area contributed by atoms with Crippen molar-refractivity contribution in [3.63, 3.8) is 0 Å². The molecular formula is C12H18N5O13P3. The Morgan fingerprint density at radius 1 is 1.09 bits per heavy atom. The van der Waals surface area contributed by atoms with Crippen LogP contribution in [-0.4, -0.2) is 75.5 Å². The van der Waals surface area contributed by atoms with Crippen LogP contribution in [0.5, 0.6) is 0 Å². The van der Waals surface area contributed by atoms with E-state index in [0.717, 1.165) is 0 Å². The average molecular weight is 533 g/mol. The molecule has 0 radical (unpaired) electrons. The van der Waals surface area contributed by atoms with Gasteiger partial charge in [0, 0.05) is 12.4 Å². The van der Waals surface area contributed by atoms with Gasteiger partial charge in [0.05, 0.1) is 19.3 Å². The highest BCUT2D eigenvalue weighted by molar-refractivity contribution is 7.66. The number of hydrogen-bond acceptors (Lipinski definition) is 13. The van der Waals surface area contributed by atoms with Gasteiger partial charge >= 0.3 is 23.5 Å². The van der Waals surface area contributed by atoms with Crippen molar-refractivity contribution in [1.82, 2.24) is 19.8 Å². The van der Waals surface area contributed by atoms with Crippen LogP contribution in [0.25, 0.3) is 0 Å². The number of rotatable bonds is 8. The summed E-state index contributed by atoms with van der Waals surface area (Å²) < 4.78 is 52.4. The third kappa shape index (κ3) is 5.28. The van der Waals surface area contributed by atoms with Crippen molar-refractivity contribution in [2.45, 2.75) is 30.7 Å². The second-order valence-corrected chi connectivity index (χ2v) is 11.3. The van der Waals surface area contributed by atoms with Crippen molar-refractivity contribution in [3.8, 4) is 0 Å². The maximum Gasteiger partial charge on any atom is 0.490 e. The van der Waals surface area contributed by atoms with Crippen molar-refractivity contribution in [2.24, 2.45) is 4.99 Å². The minimum atomic E-state index is -5.70. The Morgan fingerprint density at radius 3 is 2.52 bits per heavy atom. The number of fused-ring (bicyclic) bond motifs is 3. The van der Waals surface area contributed by atoms with Crippen LogP contribution in [0, 0.1) is 0 Å². The second kappa shape index (κ2) is 8.62. The lowest BCUT2D eigenvalue weighted by Gasteiger charge is -2.25. The van der Waals surface area contributed by atoms with E-state index in [-0.39, 0.29) is 6.17 Å². The van der Waals surface area contributed by atoms with Gasteiger partial charge in [-0.05, 0) is 0 Å². The summed E-state index contributed by atoms with van der Waals surface area (Å²) in [5.74, 6) is 0.317. The van der Waals surface area contributed by atoms with E-state index in [9.17, 15) is 28.8 Å². The first-order valence-corrected chi connectivity index (χ1v) is 13.4. The van der Waals surface area contributed by atoms with Crippen LogP contribution in [0.1, 0.15) is 18.1 Å². The number of nitrogens with zero attached hydrogens (tertiary/aromatic N) is 4. The monoisotopic (exact) mass is 533 g/mol. The average Bonchev–Trinajstić information content (AvgIpc) is 3.35. The Labute approximate surface area is 184 Å². The molecule has 1 aromatic heterocycles. The molecule has 7 N–H and O–H groups in total. The van der Waals surface area contributed by atoms with E-state index < -0.39 is 54.6 Å². The molecule has 0 aromatic carbocycles. The molecule has 0 bridgehead atoms. The molecule has 0 amide bonds. The molecule has 21 heteroatoms. The van der Waals surface area contributed by atoms with Crippen molar-refractivity contribution in [1.29, 1.82) is 0 Å². The molecule has 33 heavy (non-hydrogen) atoms. The van der Waals surface area contributed by atoms with E-state index in [2.05, 4.69) is 28.4 Å². The Morgan fingerprint density at radius 2 is 1.82 bits per heavy atom. The molecule has 3 aliphatic heterocycles. The number of ether oxygens (including phenoxy) is 1. The zero-order chi connectivity index (χ0) is 24.2. The van der Waals surface area contributed by atoms with E-state index in [1.807, 2.05) is 0 Å². The zero-order valence-electron chi connectivity index (χ0n) is 16.1. The molecule has 4 rings (SSSR count). The molecule has 0 saturated carbocycles. The topological polar surface area (TPSA) is 255 Å².